The lowest BCUT2D eigenvalue weighted by Crippen LogP contribution is -2.33. The van der Waals surface area contributed by atoms with Gasteiger partial charge < -0.3 is 15.0 Å². The van der Waals surface area contributed by atoms with Crippen LogP contribution in [0.15, 0.2) is 6.33 Å². The number of nitrogens with one attached hydrogen (secondary N) is 1. The van der Waals surface area contributed by atoms with E-state index in [0.717, 1.165) is 30.9 Å². The van der Waals surface area contributed by atoms with Crippen molar-refractivity contribution in [2.24, 2.45) is 0 Å². The average molecular weight is 264 g/mol. The van der Waals surface area contributed by atoms with Crippen molar-refractivity contribution in [3.63, 3.8) is 0 Å². The van der Waals surface area contributed by atoms with Gasteiger partial charge in [0.15, 0.2) is 0 Å². The lowest BCUT2D eigenvalue weighted by Gasteiger charge is -2.29. The van der Waals surface area contributed by atoms with Crippen molar-refractivity contribution in [3.05, 3.63) is 11.9 Å². The van der Waals surface area contributed by atoms with Crippen molar-refractivity contribution in [3.8, 4) is 5.88 Å². The molecule has 5 heteroatoms. The third-order valence-electron chi connectivity index (χ3n) is 3.72. The summed E-state index contributed by atoms with van der Waals surface area (Å²) in [6.45, 7) is 6.84. The maximum absolute atomic E-state index is 5.55. The van der Waals surface area contributed by atoms with Gasteiger partial charge in [-0.3, -0.25) is 0 Å². The second-order valence-corrected chi connectivity index (χ2v) is 5.01. The molecule has 1 aliphatic heterocycles. The van der Waals surface area contributed by atoms with Gasteiger partial charge in [0, 0.05) is 13.1 Å². The third-order valence-corrected chi connectivity index (χ3v) is 3.72. The standard InChI is InChI=1S/C14H24N4O/c1-4-19-14-11(2)13(16-10-17-14)18(3)12-6-5-8-15-9-7-12/h10,12,15H,4-9H2,1-3H3. The Morgan fingerprint density at radius 2 is 2.21 bits per heavy atom. The zero-order valence-corrected chi connectivity index (χ0v) is 12.1. The summed E-state index contributed by atoms with van der Waals surface area (Å²) in [5.41, 5.74) is 1.03. The van der Waals surface area contributed by atoms with E-state index < -0.39 is 0 Å². The van der Waals surface area contributed by atoms with Crippen molar-refractivity contribution in [1.82, 2.24) is 15.3 Å². The molecule has 0 bridgehead atoms. The van der Waals surface area contributed by atoms with E-state index in [4.69, 9.17) is 4.74 Å². The van der Waals surface area contributed by atoms with Crippen LogP contribution in [0.3, 0.4) is 0 Å². The van der Waals surface area contributed by atoms with E-state index in [1.165, 1.54) is 12.8 Å². The fourth-order valence-corrected chi connectivity index (χ4v) is 2.62. The Labute approximate surface area is 115 Å². The van der Waals surface area contributed by atoms with Gasteiger partial charge in [0.05, 0.1) is 12.2 Å². The highest BCUT2D eigenvalue weighted by atomic mass is 16.5. The summed E-state index contributed by atoms with van der Waals surface area (Å²) in [4.78, 5) is 10.9. The molecule has 0 aromatic carbocycles. The quantitative estimate of drug-likeness (QED) is 0.898. The summed E-state index contributed by atoms with van der Waals surface area (Å²) in [7, 11) is 2.13. The van der Waals surface area contributed by atoms with Crippen LogP contribution in [0.5, 0.6) is 5.88 Å². The highest BCUT2D eigenvalue weighted by Gasteiger charge is 2.20. The molecule has 5 nitrogen and oxygen atoms in total. The summed E-state index contributed by atoms with van der Waals surface area (Å²) in [5.74, 6) is 1.69. The third kappa shape index (κ3) is 3.35. The Balaban J connectivity index is 2.17. The molecule has 0 amide bonds. The van der Waals surface area contributed by atoms with Gasteiger partial charge in [-0.05, 0) is 46.2 Å². The highest BCUT2D eigenvalue weighted by Crippen LogP contribution is 2.26. The van der Waals surface area contributed by atoms with Crippen molar-refractivity contribution in [2.45, 2.75) is 39.2 Å². The summed E-state index contributed by atoms with van der Waals surface area (Å²) < 4.78 is 5.55. The number of aromatic nitrogens is 2. The van der Waals surface area contributed by atoms with E-state index in [1.54, 1.807) is 6.33 Å². The summed E-state index contributed by atoms with van der Waals surface area (Å²) >= 11 is 0. The Morgan fingerprint density at radius 3 is 3.00 bits per heavy atom. The largest absolute Gasteiger partial charge is 0.478 e. The zero-order chi connectivity index (χ0) is 13.7. The molecule has 1 N–H and O–H groups in total. The van der Waals surface area contributed by atoms with Gasteiger partial charge in [-0.15, -0.1) is 0 Å². The minimum atomic E-state index is 0.540. The SMILES string of the molecule is CCOc1ncnc(N(C)C2CCCNCC2)c1C. The molecule has 106 valence electrons. The predicted octanol–water partition coefficient (Wildman–Crippen LogP) is 1.76. The number of ether oxygens (including phenoxy) is 1. The van der Waals surface area contributed by atoms with Gasteiger partial charge in [0.1, 0.15) is 12.1 Å². The lowest BCUT2D eigenvalue weighted by atomic mass is 10.1. The van der Waals surface area contributed by atoms with Gasteiger partial charge in [0.2, 0.25) is 5.88 Å². The lowest BCUT2D eigenvalue weighted by molar-refractivity contribution is 0.323. The Morgan fingerprint density at radius 1 is 1.37 bits per heavy atom. The molecule has 1 aromatic rings. The van der Waals surface area contributed by atoms with Crippen LogP contribution in [0, 0.1) is 6.92 Å². The smallest absolute Gasteiger partial charge is 0.221 e. The maximum Gasteiger partial charge on any atom is 0.221 e. The van der Waals surface area contributed by atoms with Gasteiger partial charge in [-0.2, -0.15) is 0 Å². The first-order chi connectivity index (χ1) is 9.24. The fraction of sp³-hybridized carbons (Fsp3) is 0.714. The second-order valence-electron chi connectivity index (χ2n) is 5.01. The molecule has 1 unspecified atom stereocenters. The van der Waals surface area contributed by atoms with E-state index in [9.17, 15) is 0 Å². The Bertz CT molecular complexity index is 402. The number of nitrogens with zero attached hydrogens (tertiary/aromatic N) is 3. The van der Waals surface area contributed by atoms with E-state index >= 15 is 0 Å². The van der Waals surface area contributed by atoms with E-state index in [0.29, 0.717) is 18.5 Å². The topological polar surface area (TPSA) is 50.3 Å². The molecule has 19 heavy (non-hydrogen) atoms. The molecule has 2 heterocycles. The van der Waals surface area contributed by atoms with Gasteiger partial charge in [-0.25, -0.2) is 9.97 Å². The van der Waals surface area contributed by atoms with Crippen LogP contribution in [0.2, 0.25) is 0 Å². The first-order valence-corrected chi connectivity index (χ1v) is 7.12. The van der Waals surface area contributed by atoms with Gasteiger partial charge in [-0.1, -0.05) is 0 Å². The van der Waals surface area contributed by atoms with Gasteiger partial charge >= 0.3 is 0 Å². The van der Waals surface area contributed by atoms with Crippen LogP contribution < -0.4 is 15.0 Å². The van der Waals surface area contributed by atoms with E-state index in [2.05, 4.69) is 27.2 Å². The second kappa shape index (κ2) is 6.70. The zero-order valence-electron chi connectivity index (χ0n) is 12.1. The molecule has 0 spiro atoms. The molecule has 1 fully saturated rings. The van der Waals surface area contributed by atoms with Crippen molar-refractivity contribution in [1.29, 1.82) is 0 Å². The first-order valence-electron chi connectivity index (χ1n) is 7.12. The maximum atomic E-state index is 5.55. The highest BCUT2D eigenvalue weighted by molar-refractivity contribution is 5.50. The average Bonchev–Trinajstić information content (AvgIpc) is 2.69. The van der Waals surface area contributed by atoms with E-state index in [1.807, 2.05) is 13.8 Å². The van der Waals surface area contributed by atoms with Crippen molar-refractivity contribution < 1.29 is 4.74 Å². The molecule has 1 atom stereocenters. The monoisotopic (exact) mass is 264 g/mol. The molecule has 1 saturated heterocycles. The minimum Gasteiger partial charge on any atom is -0.478 e. The number of hydrogen-bond donors (Lipinski definition) is 1. The molecule has 2 rings (SSSR count). The summed E-state index contributed by atoms with van der Waals surface area (Å²) in [5, 5.41) is 3.45. The Hall–Kier alpha value is -1.36. The molecule has 1 aliphatic rings. The van der Waals surface area contributed by atoms with Crippen LogP contribution in [-0.4, -0.2) is 42.8 Å². The van der Waals surface area contributed by atoms with Crippen LogP contribution in [0.25, 0.3) is 0 Å². The molecule has 0 radical (unpaired) electrons. The fourth-order valence-electron chi connectivity index (χ4n) is 2.62. The van der Waals surface area contributed by atoms with Crippen LogP contribution in [0.1, 0.15) is 31.7 Å². The van der Waals surface area contributed by atoms with Crippen molar-refractivity contribution >= 4 is 5.82 Å². The summed E-state index contributed by atoms with van der Waals surface area (Å²) in [6, 6.07) is 0.540. The number of hydrogen-bond acceptors (Lipinski definition) is 5. The first kappa shape index (κ1) is 14.1. The molecule has 1 aromatic heterocycles. The van der Waals surface area contributed by atoms with Gasteiger partial charge in [0.25, 0.3) is 0 Å². The minimum absolute atomic E-state index is 0.540. The molecular formula is C14H24N4O. The molecular weight excluding hydrogens is 240 g/mol. The summed E-state index contributed by atoms with van der Waals surface area (Å²) in [6.07, 6.45) is 5.18. The van der Waals surface area contributed by atoms with Crippen molar-refractivity contribution in [2.75, 3.05) is 31.6 Å². The number of rotatable bonds is 4. The van der Waals surface area contributed by atoms with Crippen LogP contribution in [0.4, 0.5) is 5.82 Å². The van der Waals surface area contributed by atoms with Crippen LogP contribution in [-0.2, 0) is 0 Å². The predicted molar refractivity (Wildman–Crippen MR) is 76.8 cm³/mol. The van der Waals surface area contributed by atoms with E-state index in [-0.39, 0.29) is 0 Å². The molecule has 0 aliphatic carbocycles. The number of anilines is 1. The molecule has 0 saturated carbocycles. The van der Waals surface area contributed by atoms with Crippen LogP contribution >= 0.6 is 0 Å². The normalized spacial score (nSPS) is 19.8. The Kier molecular flexibility index (Phi) is 4.96.